The number of nitro benzene ring substituents is 1. The molecule has 6 rings (SSSR count). The minimum absolute atomic E-state index is 0.114. The summed E-state index contributed by atoms with van der Waals surface area (Å²) in [6, 6.07) is 23.9. The highest BCUT2D eigenvalue weighted by molar-refractivity contribution is 8.03. The first kappa shape index (κ1) is 21.6. The Kier molecular flexibility index (Phi) is 5.19. The zero-order valence-corrected chi connectivity index (χ0v) is 20.4. The Morgan fingerprint density at radius 3 is 2.49 bits per heavy atom. The topological polar surface area (TPSA) is 50.3 Å². The second-order valence-corrected chi connectivity index (χ2v) is 10.0. The molecular weight excluding hydrogens is 454 g/mol. The fourth-order valence-electron chi connectivity index (χ4n) is 5.22. The highest BCUT2D eigenvalue weighted by Gasteiger charge is 2.32. The molecule has 172 valence electrons. The van der Waals surface area contributed by atoms with E-state index in [0.29, 0.717) is 0 Å². The lowest BCUT2D eigenvalue weighted by Crippen LogP contribution is -2.34. The lowest BCUT2D eigenvalue weighted by atomic mass is 9.99. The van der Waals surface area contributed by atoms with Crippen LogP contribution in [-0.4, -0.2) is 12.0 Å². The van der Waals surface area contributed by atoms with Crippen LogP contribution in [0, 0.1) is 10.1 Å². The van der Waals surface area contributed by atoms with Crippen LogP contribution < -0.4 is 9.47 Å². The number of para-hydroxylation sites is 2. The molecule has 0 saturated heterocycles. The van der Waals surface area contributed by atoms with Gasteiger partial charge in [0.15, 0.2) is 0 Å². The number of hydrogen-bond acceptors (Lipinski definition) is 4. The maximum Gasteiger partial charge on any atom is 0.269 e. The molecule has 0 atom stereocenters. The van der Waals surface area contributed by atoms with Crippen molar-refractivity contribution in [2.24, 2.45) is 7.05 Å². The number of allylic oxidation sites excluding steroid dienone is 1. The molecule has 1 aromatic heterocycles. The summed E-state index contributed by atoms with van der Waals surface area (Å²) in [7, 11) is 4.27. The van der Waals surface area contributed by atoms with Crippen LogP contribution in [0.25, 0.3) is 28.6 Å². The number of aromatic nitrogens is 1. The maximum absolute atomic E-state index is 11.0. The van der Waals surface area contributed by atoms with Gasteiger partial charge in [0.2, 0.25) is 11.2 Å². The summed E-state index contributed by atoms with van der Waals surface area (Å²) in [5.74, 6) is 0. The molecule has 0 saturated carbocycles. The largest absolute Gasteiger partial charge is 0.338 e. The van der Waals surface area contributed by atoms with Gasteiger partial charge in [-0.25, -0.2) is 0 Å². The Labute approximate surface area is 208 Å². The first-order valence-electron chi connectivity index (χ1n) is 11.6. The Bertz CT molecular complexity index is 1570. The molecule has 0 spiro atoms. The number of hydrogen-bond donors (Lipinski definition) is 0. The predicted octanol–water partition coefficient (Wildman–Crippen LogP) is 6.60. The molecule has 2 aliphatic rings. The number of anilines is 1. The summed E-state index contributed by atoms with van der Waals surface area (Å²) < 4.78 is 2.30. The first-order valence-corrected chi connectivity index (χ1v) is 12.4. The third kappa shape index (κ3) is 3.61. The third-order valence-electron chi connectivity index (χ3n) is 6.93. The smallest absolute Gasteiger partial charge is 0.269 e. The molecule has 35 heavy (non-hydrogen) atoms. The van der Waals surface area contributed by atoms with Crippen LogP contribution in [0.4, 0.5) is 11.4 Å². The minimum atomic E-state index is -0.357. The second-order valence-electron chi connectivity index (χ2n) is 8.95. The van der Waals surface area contributed by atoms with Crippen molar-refractivity contribution in [2.45, 2.75) is 17.7 Å². The average molecular weight is 479 g/mol. The van der Waals surface area contributed by atoms with Crippen LogP contribution in [0.3, 0.4) is 0 Å². The zero-order chi connectivity index (χ0) is 24.1. The fraction of sp³-hybridized carbons (Fsp3) is 0.138. The Hall–Kier alpha value is -3.90. The van der Waals surface area contributed by atoms with Gasteiger partial charge in [-0.15, -0.1) is 0 Å². The molecular formula is C29H24N3O2S+. The summed E-state index contributed by atoms with van der Waals surface area (Å²) in [5, 5.41) is 13.5. The summed E-state index contributed by atoms with van der Waals surface area (Å²) in [4.78, 5) is 14.2. The number of non-ortho nitro benzene ring substituents is 1. The van der Waals surface area contributed by atoms with Gasteiger partial charge in [0.25, 0.3) is 5.69 Å². The van der Waals surface area contributed by atoms with E-state index in [2.05, 4.69) is 84.2 Å². The van der Waals surface area contributed by atoms with Gasteiger partial charge in [0.1, 0.15) is 7.05 Å². The SMILES string of the molecule is CN1/C(=C/c2c3c([n+](C)c4ccccc24)/C(=C\c2ccc([N+](=O)[O-])cc2)CC3)Sc2ccccc21. The summed E-state index contributed by atoms with van der Waals surface area (Å²) in [6.45, 7) is 0. The molecule has 0 unspecified atom stereocenters. The molecule has 0 fully saturated rings. The molecule has 5 nitrogen and oxygen atoms in total. The number of rotatable bonds is 3. The molecule has 1 aliphatic heterocycles. The van der Waals surface area contributed by atoms with Gasteiger partial charge < -0.3 is 4.90 Å². The van der Waals surface area contributed by atoms with Crippen molar-refractivity contribution < 1.29 is 9.49 Å². The van der Waals surface area contributed by atoms with E-state index in [1.165, 1.54) is 48.9 Å². The minimum Gasteiger partial charge on any atom is -0.338 e. The van der Waals surface area contributed by atoms with Gasteiger partial charge in [0, 0.05) is 46.8 Å². The quantitative estimate of drug-likeness (QED) is 0.189. The monoisotopic (exact) mass is 478 g/mol. The number of nitrogens with zero attached hydrogens (tertiary/aromatic N) is 3. The normalized spacial score (nSPS) is 16.8. The fourth-order valence-corrected chi connectivity index (χ4v) is 6.31. The number of fused-ring (bicyclic) bond motifs is 3. The van der Waals surface area contributed by atoms with E-state index in [0.717, 1.165) is 18.4 Å². The number of aryl methyl sites for hydroxylation is 1. The van der Waals surface area contributed by atoms with E-state index in [9.17, 15) is 10.1 Å². The zero-order valence-electron chi connectivity index (χ0n) is 19.6. The molecule has 0 radical (unpaired) electrons. The first-order chi connectivity index (χ1) is 17.0. The standard InChI is InChI=1S/C29H24N3O2S/c1-30-26-9-5-6-10-27(26)35-28(30)18-24-22-7-3-4-8-25(22)31(2)29-20(13-16-23(24)29)17-19-11-14-21(15-12-19)32(33)34/h3-12,14-15,17-18H,13,16H2,1-2H3/q+1/b20-17-. The van der Waals surface area contributed by atoms with E-state index < -0.39 is 0 Å². The molecule has 0 bridgehead atoms. The molecule has 0 N–H and O–H groups in total. The predicted molar refractivity (Wildman–Crippen MR) is 143 cm³/mol. The summed E-state index contributed by atoms with van der Waals surface area (Å²) >= 11 is 1.81. The van der Waals surface area contributed by atoms with Crippen molar-refractivity contribution >= 4 is 51.8 Å². The number of benzene rings is 3. The van der Waals surface area contributed by atoms with Crippen LogP contribution >= 0.6 is 11.8 Å². The van der Waals surface area contributed by atoms with Gasteiger partial charge in [-0.3, -0.25) is 10.1 Å². The van der Waals surface area contributed by atoms with Crippen molar-refractivity contribution in [2.75, 3.05) is 11.9 Å². The molecule has 0 amide bonds. The second kappa shape index (κ2) is 8.40. The highest BCUT2D eigenvalue weighted by Crippen LogP contribution is 2.46. The van der Waals surface area contributed by atoms with Crippen LogP contribution in [0.15, 0.2) is 82.7 Å². The highest BCUT2D eigenvalue weighted by atomic mass is 32.2. The Balaban J connectivity index is 1.51. The van der Waals surface area contributed by atoms with Crippen molar-refractivity contribution in [1.29, 1.82) is 0 Å². The van der Waals surface area contributed by atoms with Gasteiger partial charge in [-0.05, 0) is 60.9 Å². The third-order valence-corrected chi connectivity index (χ3v) is 8.10. The molecule has 4 aromatic rings. The maximum atomic E-state index is 11.0. The molecule has 2 heterocycles. The molecule has 1 aliphatic carbocycles. The Morgan fingerprint density at radius 2 is 1.71 bits per heavy atom. The van der Waals surface area contributed by atoms with E-state index >= 15 is 0 Å². The van der Waals surface area contributed by atoms with Gasteiger partial charge in [-0.1, -0.05) is 36.0 Å². The number of thioether (sulfide) groups is 1. The average Bonchev–Trinajstić information content (AvgIpc) is 3.43. The Morgan fingerprint density at radius 1 is 0.971 bits per heavy atom. The number of pyridine rings is 1. The summed E-state index contributed by atoms with van der Waals surface area (Å²) in [5.41, 5.74) is 8.67. The van der Waals surface area contributed by atoms with E-state index in [1.54, 1.807) is 12.1 Å². The van der Waals surface area contributed by atoms with E-state index in [4.69, 9.17) is 0 Å². The number of nitro groups is 1. The summed E-state index contributed by atoms with van der Waals surface area (Å²) in [6.07, 6.45) is 6.43. The van der Waals surface area contributed by atoms with E-state index in [-0.39, 0.29) is 10.6 Å². The van der Waals surface area contributed by atoms with Crippen molar-refractivity contribution in [3.8, 4) is 0 Å². The van der Waals surface area contributed by atoms with Crippen LogP contribution in [-0.2, 0) is 13.5 Å². The lowest BCUT2D eigenvalue weighted by Gasteiger charge is -2.15. The van der Waals surface area contributed by atoms with Crippen LogP contribution in [0.5, 0.6) is 0 Å². The van der Waals surface area contributed by atoms with E-state index in [1.807, 2.05) is 23.9 Å². The van der Waals surface area contributed by atoms with Crippen molar-refractivity contribution in [1.82, 2.24) is 0 Å². The lowest BCUT2D eigenvalue weighted by molar-refractivity contribution is -0.647. The van der Waals surface area contributed by atoms with Crippen LogP contribution in [0.2, 0.25) is 0 Å². The van der Waals surface area contributed by atoms with Crippen LogP contribution in [0.1, 0.15) is 28.8 Å². The van der Waals surface area contributed by atoms with Gasteiger partial charge in [0.05, 0.1) is 21.0 Å². The van der Waals surface area contributed by atoms with Gasteiger partial charge in [-0.2, -0.15) is 4.57 Å². The van der Waals surface area contributed by atoms with Crippen molar-refractivity contribution in [3.63, 3.8) is 0 Å². The molecule has 3 aromatic carbocycles. The molecule has 6 heteroatoms. The van der Waals surface area contributed by atoms with Crippen molar-refractivity contribution in [3.05, 3.63) is 110 Å². The van der Waals surface area contributed by atoms with Gasteiger partial charge >= 0.3 is 0 Å².